The Kier molecular flexibility index (Phi) is 4.45. The molecule has 0 aliphatic carbocycles. The van der Waals surface area contributed by atoms with Gasteiger partial charge in [0, 0.05) is 6.42 Å². The molecular weight excluding hydrogens is 236 g/mol. The summed E-state index contributed by atoms with van der Waals surface area (Å²) >= 11 is 0. The molecule has 0 amide bonds. The Balaban J connectivity index is 5.08. The quantitative estimate of drug-likeness (QED) is 0.326. The average Bonchev–Trinajstić information content (AvgIpc) is 1.95. The first-order valence-electron chi connectivity index (χ1n) is 3.54. The zero-order valence-corrected chi connectivity index (χ0v) is 9.15. The molecular formula is C4H13NO7P2. The molecule has 0 heterocycles. The van der Waals surface area contributed by atoms with Gasteiger partial charge in [-0.15, -0.1) is 0 Å². The van der Waals surface area contributed by atoms with Crippen molar-refractivity contribution in [3.05, 3.63) is 0 Å². The standard InChI is InChI=1S/C4H13NO7P2/c1-5-3-2-4(6,13(7,8)9)14(10,11)12/h5-6H,2-3H2,1H3,(H2,7,8,9)(H2,10,11,12). The molecule has 86 valence electrons. The minimum absolute atomic E-state index is 0.132. The Morgan fingerprint density at radius 1 is 1.14 bits per heavy atom. The SMILES string of the molecule is CNCCC(O)(P(=O)(O)O)P(=O)(O)O. The second-order valence-electron chi connectivity index (χ2n) is 2.72. The van der Waals surface area contributed by atoms with Crippen LogP contribution in [0.3, 0.4) is 0 Å². The van der Waals surface area contributed by atoms with Gasteiger partial charge in [0.15, 0.2) is 0 Å². The molecule has 0 aliphatic heterocycles. The van der Waals surface area contributed by atoms with E-state index in [2.05, 4.69) is 5.32 Å². The second-order valence-corrected chi connectivity index (χ2v) is 6.72. The molecule has 0 bridgehead atoms. The van der Waals surface area contributed by atoms with Crippen molar-refractivity contribution in [2.75, 3.05) is 13.6 Å². The summed E-state index contributed by atoms with van der Waals surface area (Å²) in [5.74, 6) is 0. The first-order chi connectivity index (χ1) is 6.06. The molecule has 10 heteroatoms. The van der Waals surface area contributed by atoms with E-state index in [0.29, 0.717) is 0 Å². The Labute approximate surface area is 80.3 Å². The van der Waals surface area contributed by atoms with Crippen LogP contribution >= 0.6 is 15.2 Å². The zero-order chi connectivity index (χ0) is 11.6. The van der Waals surface area contributed by atoms with Crippen molar-refractivity contribution >= 4 is 15.2 Å². The number of rotatable bonds is 5. The highest BCUT2D eigenvalue weighted by Gasteiger charge is 2.58. The molecule has 6 N–H and O–H groups in total. The molecule has 0 fully saturated rings. The number of hydrogen-bond acceptors (Lipinski definition) is 4. The summed E-state index contributed by atoms with van der Waals surface area (Å²) in [6, 6.07) is 0. The van der Waals surface area contributed by atoms with Crippen LogP contribution in [0, 0.1) is 0 Å². The van der Waals surface area contributed by atoms with Crippen molar-refractivity contribution in [3.8, 4) is 0 Å². The number of nitrogens with one attached hydrogen (secondary N) is 1. The van der Waals surface area contributed by atoms with Gasteiger partial charge in [-0.2, -0.15) is 0 Å². The van der Waals surface area contributed by atoms with Crippen LogP contribution in [0.15, 0.2) is 0 Å². The van der Waals surface area contributed by atoms with Crippen LogP contribution in [0.25, 0.3) is 0 Å². The fourth-order valence-corrected chi connectivity index (χ4v) is 2.92. The third kappa shape index (κ3) is 2.85. The monoisotopic (exact) mass is 249 g/mol. The number of aliphatic hydroxyl groups is 1. The lowest BCUT2D eigenvalue weighted by atomic mass is 10.4. The fourth-order valence-electron chi connectivity index (χ4n) is 0.754. The first kappa shape index (κ1) is 14.2. The first-order valence-corrected chi connectivity index (χ1v) is 6.77. The molecule has 0 aromatic heterocycles. The molecule has 0 spiro atoms. The maximum absolute atomic E-state index is 10.7. The zero-order valence-electron chi connectivity index (χ0n) is 7.36. The third-order valence-electron chi connectivity index (χ3n) is 1.64. The van der Waals surface area contributed by atoms with Gasteiger partial charge in [-0.3, -0.25) is 9.13 Å². The lowest BCUT2D eigenvalue weighted by Crippen LogP contribution is -2.32. The fraction of sp³-hybridized carbons (Fsp3) is 1.00. The maximum atomic E-state index is 10.7. The molecule has 0 aromatic rings. The molecule has 0 saturated heterocycles. The van der Waals surface area contributed by atoms with E-state index < -0.39 is 26.7 Å². The summed E-state index contributed by atoms with van der Waals surface area (Å²) in [6.45, 7) is -0.132. The maximum Gasteiger partial charge on any atom is 0.369 e. The average molecular weight is 249 g/mol. The van der Waals surface area contributed by atoms with Gasteiger partial charge in [-0.25, -0.2) is 0 Å². The van der Waals surface area contributed by atoms with Gasteiger partial charge in [-0.1, -0.05) is 0 Å². The van der Waals surface area contributed by atoms with E-state index in [1.54, 1.807) is 0 Å². The van der Waals surface area contributed by atoms with Crippen molar-refractivity contribution in [2.24, 2.45) is 0 Å². The summed E-state index contributed by atoms with van der Waals surface area (Å²) in [5.41, 5.74) is 0. The Bertz CT molecular complexity index is 257. The minimum Gasteiger partial charge on any atom is -0.367 e. The van der Waals surface area contributed by atoms with Gasteiger partial charge in [-0.05, 0) is 13.6 Å². The van der Waals surface area contributed by atoms with Crippen molar-refractivity contribution in [1.82, 2.24) is 5.32 Å². The van der Waals surface area contributed by atoms with Crippen molar-refractivity contribution in [2.45, 2.75) is 11.5 Å². The van der Waals surface area contributed by atoms with Crippen LogP contribution in [0.5, 0.6) is 0 Å². The van der Waals surface area contributed by atoms with E-state index in [1.807, 2.05) is 0 Å². The van der Waals surface area contributed by atoms with Crippen molar-refractivity contribution < 1.29 is 33.8 Å². The summed E-state index contributed by atoms with van der Waals surface area (Å²) in [5, 5.41) is 8.37. The van der Waals surface area contributed by atoms with Crippen molar-refractivity contribution in [3.63, 3.8) is 0 Å². The van der Waals surface area contributed by atoms with Crippen LogP contribution in [-0.2, 0) is 9.13 Å². The highest BCUT2D eigenvalue weighted by molar-refractivity contribution is 7.72. The molecule has 0 aromatic carbocycles. The van der Waals surface area contributed by atoms with Gasteiger partial charge < -0.3 is 30.0 Å². The highest BCUT2D eigenvalue weighted by atomic mass is 31.2. The van der Waals surface area contributed by atoms with Crippen LogP contribution in [0.2, 0.25) is 0 Å². The summed E-state index contributed by atoms with van der Waals surface area (Å²) < 4.78 is 21.5. The van der Waals surface area contributed by atoms with E-state index in [0.717, 1.165) is 0 Å². The smallest absolute Gasteiger partial charge is 0.367 e. The Morgan fingerprint density at radius 3 is 1.71 bits per heavy atom. The lowest BCUT2D eigenvalue weighted by Gasteiger charge is -2.28. The van der Waals surface area contributed by atoms with Gasteiger partial charge in [0.1, 0.15) is 0 Å². The Morgan fingerprint density at radius 2 is 1.50 bits per heavy atom. The van der Waals surface area contributed by atoms with E-state index in [1.165, 1.54) is 7.05 Å². The van der Waals surface area contributed by atoms with Crippen LogP contribution in [0.4, 0.5) is 0 Å². The predicted octanol–water partition coefficient (Wildman–Crippen LogP) is -1.40. The third-order valence-corrected chi connectivity index (χ3v) is 5.52. The predicted molar refractivity (Wildman–Crippen MR) is 47.6 cm³/mol. The molecule has 8 nitrogen and oxygen atoms in total. The topological polar surface area (TPSA) is 147 Å². The van der Waals surface area contributed by atoms with E-state index in [9.17, 15) is 14.2 Å². The molecule has 14 heavy (non-hydrogen) atoms. The highest BCUT2D eigenvalue weighted by Crippen LogP contribution is 2.68. The molecule has 0 atom stereocenters. The molecule has 0 rings (SSSR count). The normalized spacial score (nSPS) is 14.4. The Hall–Kier alpha value is 0.220. The van der Waals surface area contributed by atoms with Gasteiger partial charge in [0.2, 0.25) is 0 Å². The van der Waals surface area contributed by atoms with Gasteiger partial charge in [0.25, 0.3) is 5.08 Å². The summed E-state index contributed by atoms with van der Waals surface area (Å²) in [6.07, 6.45) is -0.738. The van der Waals surface area contributed by atoms with Gasteiger partial charge >= 0.3 is 15.2 Å². The molecule has 0 aliphatic rings. The molecule has 0 unspecified atom stereocenters. The second kappa shape index (κ2) is 4.38. The summed E-state index contributed by atoms with van der Waals surface area (Å²) in [7, 11) is -9.16. The largest absolute Gasteiger partial charge is 0.369 e. The lowest BCUT2D eigenvalue weighted by molar-refractivity contribution is 0.123. The van der Waals surface area contributed by atoms with E-state index in [4.69, 9.17) is 19.6 Å². The van der Waals surface area contributed by atoms with E-state index in [-0.39, 0.29) is 6.54 Å². The summed E-state index contributed by atoms with van der Waals surface area (Å²) in [4.78, 5) is 34.6. The van der Waals surface area contributed by atoms with Crippen LogP contribution in [0.1, 0.15) is 6.42 Å². The van der Waals surface area contributed by atoms with Crippen molar-refractivity contribution in [1.29, 1.82) is 0 Å². The minimum atomic E-state index is -5.29. The van der Waals surface area contributed by atoms with Gasteiger partial charge in [0.05, 0.1) is 0 Å². The molecule has 0 saturated carbocycles. The number of hydrogen-bond donors (Lipinski definition) is 6. The van der Waals surface area contributed by atoms with Crippen LogP contribution < -0.4 is 5.32 Å². The molecule has 0 radical (unpaired) electrons. The van der Waals surface area contributed by atoms with E-state index >= 15 is 0 Å². The van der Waals surface area contributed by atoms with Crippen LogP contribution in [-0.4, -0.2) is 43.4 Å².